The molecule has 0 radical (unpaired) electrons. The molecular weight excluding hydrogens is 398 g/mol. The quantitative estimate of drug-likeness (QED) is 0.440. The Bertz CT molecular complexity index is 672. The Balaban J connectivity index is 1.68. The van der Waals surface area contributed by atoms with Crippen LogP contribution in [0.3, 0.4) is 0 Å². The van der Waals surface area contributed by atoms with Crippen LogP contribution in [0.2, 0.25) is 0 Å². The number of fused-ring (bicyclic) bond motifs is 1. The normalized spacial score (nSPS) is 60.8. The zero-order valence-corrected chi connectivity index (χ0v) is 17.2. The van der Waals surface area contributed by atoms with Gasteiger partial charge in [-0.25, -0.2) is 0 Å². The van der Waals surface area contributed by atoms with Gasteiger partial charge >= 0.3 is 0 Å². The summed E-state index contributed by atoms with van der Waals surface area (Å²) in [6.07, 6.45) is 7.49. The number of nitrogens with two attached hydrogens (primary N) is 1. The van der Waals surface area contributed by atoms with Crippen molar-refractivity contribution in [1.29, 1.82) is 0 Å². The topological polar surface area (TPSA) is 84.9 Å². The molecule has 0 unspecified atom stereocenters. The van der Waals surface area contributed by atoms with Crippen molar-refractivity contribution < 1.29 is 19.7 Å². The molecule has 0 aromatic rings. The van der Waals surface area contributed by atoms with E-state index in [1.807, 2.05) is 0 Å². The highest BCUT2D eigenvalue weighted by molar-refractivity contribution is 9.09. The molecule has 0 aromatic carbocycles. The third-order valence-electron chi connectivity index (χ3n) is 8.76. The minimum absolute atomic E-state index is 0.108. The van der Waals surface area contributed by atoms with Crippen LogP contribution in [0.1, 0.15) is 51.9 Å². The van der Waals surface area contributed by atoms with Crippen molar-refractivity contribution in [3.63, 3.8) is 0 Å². The highest BCUT2D eigenvalue weighted by Crippen LogP contribution is 2.70. The summed E-state index contributed by atoms with van der Waals surface area (Å²) in [6.45, 7) is 2.24. The fraction of sp³-hybridized carbons (Fsp3) is 0.900. The van der Waals surface area contributed by atoms with Gasteiger partial charge in [0.1, 0.15) is 11.2 Å². The van der Waals surface area contributed by atoms with Gasteiger partial charge in [-0.3, -0.25) is 0 Å². The molecule has 6 heteroatoms. The van der Waals surface area contributed by atoms with Gasteiger partial charge in [0.2, 0.25) is 0 Å². The van der Waals surface area contributed by atoms with E-state index < -0.39 is 22.9 Å². The average molecular weight is 428 g/mol. The van der Waals surface area contributed by atoms with Crippen molar-refractivity contribution in [3.8, 4) is 0 Å². The SMILES string of the molecule is CO[C@@]12C=C3[C@H](Br)[C@H](O)[C@@H](N)C[C@]34CC[C@]1(O4)[C@@H]1CC[C@H](O)[C@@]1(C)CC2. The summed E-state index contributed by atoms with van der Waals surface area (Å²) < 4.78 is 13.3. The first kappa shape index (κ1) is 18.1. The van der Waals surface area contributed by atoms with Gasteiger partial charge in [-0.05, 0) is 67.9 Å². The second-order valence-electron chi connectivity index (χ2n) is 9.59. The molecule has 1 saturated heterocycles. The Morgan fingerprint density at radius 3 is 2.73 bits per heavy atom. The van der Waals surface area contributed by atoms with Crippen molar-refractivity contribution >= 4 is 15.9 Å². The number of hydrogen-bond donors (Lipinski definition) is 3. The molecule has 3 aliphatic carbocycles. The molecule has 4 N–H and O–H groups in total. The summed E-state index contributed by atoms with van der Waals surface area (Å²) in [7, 11) is 1.79. The Morgan fingerprint density at radius 2 is 2.00 bits per heavy atom. The lowest BCUT2D eigenvalue weighted by Crippen LogP contribution is -2.70. The zero-order valence-electron chi connectivity index (χ0n) is 15.6. The molecule has 146 valence electrons. The van der Waals surface area contributed by atoms with Gasteiger partial charge in [0, 0.05) is 13.2 Å². The van der Waals surface area contributed by atoms with Crippen LogP contribution < -0.4 is 5.73 Å². The minimum atomic E-state index is -0.611. The molecule has 0 amide bonds. The molecule has 5 nitrogen and oxygen atoms in total. The maximum Gasteiger partial charge on any atom is 0.115 e. The Morgan fingerprint density at radius 1 is 1.23 bits per heavy atom. The summed E-state index contributed by atoms with van der Waals surface area (Å²) in [4.78, 5) is -0.197. The van der Waals surface area contributed by atoms with Crippen LogP contribution in [0.4, 0.5) is 0 Å². The number of aliphatic hydroxyl groups excluding tert-OH is 2. The van der Waals surface area contributed by atoms with Crippen molar-refractivity contribution in [2.24, 2.45) is 17.1 Å². The molecular formula is C20H30BrNO4. The second kappa shape index (κ2) is 5.33. The molecule has 5 rings (SSSR count). The lowest BCUT2D eigenvalue weighted by molar-refractivity contribution is -0.268. The molecule has 3 saturated carbocycles. The van der Waals surface area contributed by atoms with Gasteiger partial charge in [-0.15, -0.1) is 0 Å². The van der Waals surface area contributed by atoms with Crippen LogP contribution in [0.5, 0.6) is 0 Å². The standard InChI is InChI=1S/C20H30BrNO4/c1-17-5-7-19(25-2)9-11-15(21)16(24)12(22)10-18(11)6-8-20(19,26-18)13(17)3-4-14(17)23/h9,12-16,23-24H,3-8,10,22H2,1-2H3/t12-,13+,14-,15-,16+,17-,18+,19-,20-/m0/s1. The van der Waals surface area contributed by atoms with Gasteiger partial charge in [-0.2, -0.15) is 0 Å². The number of hydrogen-bond acceptors (Lipinski definition) is 5. The first-order chi connectivity index (χ1) is 12.2. The monoisotopic (exact) mass is 427 g/mol. The van der Waals surface area contributed by atoms with Crippen molar-refractivity contribution in [2.75, 3.05) is 7.11 Å². The van der Waals surface area contributed by atoms with E-state index in [1.54, 1.807) is 7.11 Å². The van der Waals surface area contributed by atoms with Gasteiger partial charge in [0.15, 0.2) is 0 Å². The summed E-state index contributed by atoms with van der Waals surface area (Å²) in [5.74, 6) is 0.285. The molecule has 26 heavy (non-hydrogen) atoms. The first-order valence-electron chi connectivity index (χ1n) is 9.98. The van der Waals surface area contributed by atoms with Gasteiger partial charge in [-0.1, -0.05) is 22.9 Å². The third kappa shape index (κ3) is 1.85. The van der Waals surface area contributed by atoms with Crippen LogP contribution in [0.25, 0.3) is 0 Å². The van der Waals surface area contributed by atoms with E-state index in [4.69, 9.17) is 15.2 Å². The van der Waals surface area contributed by atoms with Gasteiger partial charge < -0.3 is 25.4 Å². The summed E-state index contributed by atoms with van der Waals surface area (Å²) in [5, 5.41) is 21.3. The third-order valence-corrected chi connectivity index (χ3v) is 9.79. The van der Waals surface area contributed by atoms with E-state index in [2.05, 4.69) is 28.9 Å². The average Bonchev–Trinajstić information content (AvgIpc) is 3.10. The number of methoxy groups -OCH3 is 1. The predicted octanol–water partition coefficient (Wildman–Crippen LogP) is 2.03. The highest BCUT2D eigenvalue weighted by atomic mass is 79.9. The summed E-state index contributed by atoms with van der Waals surface area (Å²) in [6, 6.07) is -0.300. The second-order valence-corrected chi connectivity index (χ2v) is 10.6. The lowest BCUT2D eigenvalue weighted by atomic mass is 9.54. The molecule has 0 aromatic heterocycles. The van der Waals surface area contributed by atoms with Crippen LogP contribution >= 0.6 is 15.9 Å². The number of alkyl halides is 1. The van der Waals surface area contributed by atoms with E-state index in [-0.39, 0.29) is 28.3 Å². The van der Waals surface area contributed by atoms with E-state index in [0.717, 1.165) is 44.1 Å². The predicted molar refractivity (Wildman–Crippen MR) is 101 cm³/mol. The Hall–Kier alpha value is 0.0200. The van der Waals surface area contributed by atoms with Crippen LogP contribution in [-0.2, 0) is 9.47 Å². The Kier molecular flexibility index (Phi) is 3.71. The maximum absolute atomic E-state index is 10.7. The number of aliphatic hydroxyl groups is 2. The molecule has 5 aliphatic rings. The fourth-order valence-electron chi connectivity index (χ4n) is 7.28. The Labute approximate surface area is 163 Å². The van der Waals surface area contributed by atoms with E-state index in [0.29, 0.717) is 6.42 Å². The number of halogens is 1. The van der Waals surface area contributed by atoms with Crippen molar-refractivity contribution in [2.45, 2.75) is 91.7 Å². The zero-order chi connectivity index (χ0) is 18.5. The largest absolute Gasteiger partial charge is 0.393 e. The molecule has 4 fully saturated rings. The first-order valence-corrected chi connectivity index (χ1v) is 10.9. The molecule has 2 spiro atoms. The molecule has 9 atom stereocenters. The van der Waals surface area contributed by atoms with Gasteiger partial charge in [0.25, 0.3) is 0 Å². The van der Waals surface area contributed by atoms with Crippen LogP contribution in [0, 0.1) is 11.3 Å². The van der Waals surface area contributed by atoms with E-state index in [9.17, 15) is 10.2 Å². The summed E-state index contributed by atoms with van der Waals surface area (Å²) >= 11 is 3.70. The number of rotatable bonds is 1. The fourth-order valence-corrected chi connectivity index (χ4v) is 8.22. The molecule has 2 bridgehead atoms. The van der Waals surface area contributed by atoms with Gasteiger partial charge in [0.05, 0.1) is 22.6 Å². The molecule has 2 heterocycles. The smallest absolute Gasteiger partial charge is 0.115 e. The van der Waals surface area contributed by atoms with E-state index >= 15 is 0 Å². The van der Waals surface area contributed by atoms with Crippen LogP contribution in [-0.4, -0.2) is 57.2 Å². The van der Waals surface area contributed by atoms with Crippen molar-refractivity contribution in [3.05, 3.63) is 11.6 Å². The van der Waals surface area contributed by atoms with Crippen molar-refractivity contribution in [1.82, 2.24) is 0 Å². The number of ether oxygens (including phenoxy) is 2. The lowest BCUT2D eigenvalue weighted by Gasteiger charge is -2.62. The highest BCUT2D eigenvalue weighted by Gasteiger charge is 2.74. The maximum atomic E-state index is 10.7. The summed E-state index contributed by atoms with van der Waals surface area (Å²) in [5.41, 5.74) is 6.01. The molecule has 2 aliphatic heterocycles. The minimum Gasteiger partial charge on any atom is -0.393 e. The van der Waals surface area contributed by atoms with E-state index in [1.165, 1.54) is 0 Å². The van der Waals surface area contributed by atoms with Crippen LogP contribution in [0.15, 0.2) is 11.6 Å².